The van der Waals surface area contributed by atoms with Gasteiger partial charge in [0, 0.05) is 5.56 Å². The molecule has 4 heteroatoms. The zero-order chi connectivity index (χ0) is 10.8. The topological polar surface area (TPSA) is 26.0 Å². The maximum absolute atomic E-state index is 13.1. The lowest BCUT2D eigenvalue weighted by atomic mass is 10.1. The van der Waals surface area contributed by atoms with Crippen LogP contribution < -0.4 is 0 Å². The summed E-state index contributed by atoms with van der Waals surface area (Å²) in [6.45, 7) is 1.82. The van der Waals surface area contributed by atoms with Crippen molar-refractivity contribution in [3.05, 3.63) is 41.7 Å². The molecule has 0 fully saturated rings. The summed E-state index contributed by atoms with van der Waals surface area (Å²) in [7, 11) is 0. The minimum Gasteiger partial charge on any atom is -0.439 e. The van der Waals surface area contributed by atoms with Gasteiger partial charge in [0.15, 0.2) is 5.76 Å². The van der Waals surface area contributed by atoms with Gasteiger partial charge in [-0.15, -0.1) is 11.6 Å². The van der Waals surface area contributed by atoms with Crippen LogP contribution in [0.4, 0.5) is 4.39 Å². The van der Waals surface area contributed by atoms with E-state index in [2.05, 4.69) is 4.98 Å². The summed E-state index contributed by atoms with van der Waals surface area (Å²) >= 11 is 5.56. The van der Waals surface area contributed by atoms with Crippen molar-refractivity contribution in [2.24, 2.45) is 0 Å². The van der Waals surface area contributed by atoms with Gasteiger partial charge in [0.25, 0.3) is 0 Å². The van der Waals surface area contributed by atoms with Crippen LogP contribution in [0.1, 0.15) is 11.5 Å². The number of halogens is 2. The quantitative estimate of drug-likeness (QED) is 0.731. The molecular formula is C11H9ClFNO. The minimum atomic E-state index is -0.283. The standard InChI is InChI=1S/C11H9ClFNO/c1-7-2-8(4-9(13)3-7)10-6-14-11(5-12)15-10/h2-4,6H,5H2,1H3. The average molecular weight is 226 g/mol. The summed E-state index contributed by atoms with van der Waals surface area (Å²) in [6.07, 6.45) is 1.55. The van der Waals surface area contributed by atoms with E-state index in [4.69, 9.17) is 16.0 Å². The summed E-state index contributed by atoms with van der Waals surface area (Å²) in [5, 5.41) is 0. The highest BCUT2D eigenvalue weighted by molar-refractivity contribution is 6.16. The number of hydrogen-bond acceptors (Lipinski definition) is 2. The number of nitrogens with zero attached hydrogens (tertiary/aromatic N) is 1. The van der Waals surface area contributed by atoms with E-state index in [-0.39, 0.29) is 11.7 Å². The van der Waals surface area contributed by atoms with E-state index in [1.54, 1.807) is 6.20 Å². The van der Waals surface area contributed by atoms with E-state index in [1.807, 2.05) is 13.0 Å². The van der Waals surface area contributed by atoms with Crippen molar-refractivity contribution in [2.75, 3.05) is 0 Å². The number of aromatic nitrogens is 1. The average Bonchev–Trinajstić information content (AvgIpc) is 2.64. The van der Waals surface area contributed by atoms with E-state index < -0.39 is 0 Å². The van der Waals surface area contributed by atoms with Crippen LogP contribution in [0.5, 0.6) is 0 Å². The van der Waals surface area contributed by atoms with Gasteiger partial charge in [-0.25, -0.2) is 9.37 Å². The molecule has 0 radical (unpaired) electrons. The Morgan fingerprint density at radius 1 is 1.40 bits per heavy atom. The predicted molar refractivity (Wildman–Crippen MR) is 56.2 cm³/mol. The molecule has 0 N–H and O–H groups in total. The Labute approximate surface area is 91.7 Å². The van der Waals surface area contributed by atoms with Crippen LogP contribution in [-0.4, -0.2) is 4.98 Å². The lowest BCUT2D eigenvalue weighted by Gasteiger charge is -1.98. The summed E-state index contributed by atoms with van der Waals surface area (Å²) in [5.41, 5.74) is 1.52. The van der Waals surface area contributed by atoms with Gasteiger partial charge in [-0.05, 0) is 30.7 Å². The van der Waals surface area contributed by atoms with Crippen LogP contribution in [0.2, 0.25) is 0 Å². The predicted octanol–water partition coefficient (Wildman–Crippen LogP) is 3.53. The van der Waals surface area contributed by atoms with Crippen molar-refractivity contribution in [2.45, 2.75) is 12.8 Å². The molecule has 15 heavy (non-hydrogen) atoms. The molecule has 2 aromatic rings. The Bertz CT molecular complexity index is 461. The molecule has 0 aliphatic heterocycles. The van der Waals surface area contributed by atoms with Crippen LogP contribution in [0.25, 0.3) is 11.3 Å². The summed E-state index contributed by atoms with van der Waals surface area (Å²) in [5.74, 6) is 0.907. The minimum absolute atomic E-state index is 0.217. The molecule has 0 bridgehead atoms. The lowest BCUT2D eigenvalue weighted by molar-refractivity contribution is 0.528. The molecule has 2 nitrogen and oxygen atoms in total. The largest absolute Gasteiger partial charge is 0.439 e. The molecule has 0 spiro atoms. The van der Waals surface area contributed by atoms with Gasteiger partial charge < -0.3 is 4.42 Å². The molecule has 0 amide bonds. The molecule has 0 aliphatic rings. The first kappa shape index (κ1) is 10.2. The van der Waals surface area contributed by atoms with Crippen molar-refractivity contribution in [3.8, 4) is 11.3 Å². The molecule has 0 atom stereocenters. The molecule has 1 aromatic carbocycles. The van der Waals surface area contributed by atoms with E-state index >= 15 is 0 Å². The third-order valence-electron chi connectivity index (χ3n) is 1.99. The first-order chi connectivity index (χ1) is 7.19. The van der Waals surface area contributed by atoms with Gasteiger partial charge in [0.05, 0.1) is 12.1 Å². The van der Waals surface area contributed by atoms with E-state index in [0.717, 1.165) is 5.56 Å². The highest BCUT2D eigenvalue weighted by Crippen LogP contribution is 2.23. The molecule has 0 aliphatic carbocycles. The zero-order valence-corrected chi connectivity index (χ0v) is 8.88. The van der Waals surface area contributed by atoms with Crippen LogP contribution >= 0.6 is 11.6 Å². The fraction of sp³-hybridized carbons (Fsp3) is 0.182. The Balaban J connectivity index is 2.44. The van der Waals surface area contributed by atoms with E-state index in [1.165, 1.54) is 12.1 Å². The normalized spacial score (nSPS) is 10.6. The fourth-order valence-electron chi connectivity index (χ4n) is 1.38. The number of alkyl halides is 1. The number of hydrogen-bond donors (Lipinski definition) is 0. The first-order valence-electron chi connectivity index (χ1n) is 4.47. The van der Waals surface area contributed by atoms with Gasteiger partial charge in [0.1, 0.15) is 5.82 Å². The maximum Gasteiger partial charge on any atom is 0.209 e. The lowest BCUT2D eigenvalue weighted by Crippen LogP contribution is -1.81. The first-order valence-corrected chi connectivity index (χ1v) is 5.01. The SMILES string of the molecule is Cc1cc(F)cc(-c2cnc(CCl)o2)c1. The Morgan fingerprint density at radius 3 is 2.80 bits per heavy atom. The van der Waals surface area contributed by atoms with E-state index in [0.29, 0.717) is 17.2 Å². The fourth-order valence-corrected chi connectivity index (χ4v) is 1.51. The van der Waals surface area contributed by atoms with Crippen molar-refractivity contribution in [3.63, 3.8) is 0 Å². The number of aryl methyl sites for hydroxylation is 1. The van der Waals surface area contributed by atoms with Gasteiger partial charge in [-0.1, -0.05) is 0 Å². The molecule has 78 valence electrons. The van der Waals surface area contributed by atoms with Gasteiger partial charge >= 0.3 is 0 Å². The van der Waals surface area contributed by atoms with Gasteiger partial charge in [0.2, 0.25) is 5.89 Å². The molecule has 1 aromatic heterocycles. The molecule has 2 rings (SSSR count). The molecular weight excluding hydrogens is 217 g/mol. The summed E-state index contributed by atoms with van der Waals surface area (Å²) in [6, 6.07) is 4.70. The monoisotopic (exact) mass is 225 g/mol. The van der Waals surface area contributed by atoms with Crippen LogP contribution in [0, 0.1) is 12.7 Å². The second kappa shape index (κ2) is 4.03. The zero-order valence-electron chi connectivity index (χ0n) is 8.13. The van der Waals surface area contributed by atoms with E-state index in [9.17, 15) is 4.39 Å². The second-order valence-electron chi connectivity index (χ2n) is 3.27. The van der Waals surface area contributed by atoms with Crippen molar-refractivity contribution in [1.29, 1.82) is 0 Å². The molecule has 0 saturated heterocycles. The third-order valence-corrected chi connectivity index (χ3v) is 2.22. The summed E-state index contributed by atoms with van der Waals surface area (Å²) < 4.78 is 18.4. The second-order valence-corrected chi connectivity index (χ2v) is 3.54. The van der Waals surface area contributed by atoms with Crippen LogP contribution in [0.15, 0.2) is 28.8 Å². The van der Waals surface area contributed by atoms with Crippen LogP contribution in [-0.2, 0) is 5.88 Å². The molecule has 0 saturated carbocycles. The number of oxazole rings is 1. The Morgan fingerprint density at radius 2 is 2.20 bits per heavy atom. The molecule has 0 unspecified atom stereocenters. The number of benzene rings is 1. The Hall–Kier alpha value is -1.35. The van der Waals surface area contributed by atoms with Crippen LogP contribution in [0.3, 0.4) is 0 Å². The summed E-state index contributed by atoms with van der Waals surface area (Å²) in [4.78, 5) is 3.95. The van der Waals surface area contributed by atoms with Crippen molar-refractivity contribution >= 4 is 11.6 Å². The highest BCUT2D eigenvalue weighted by atomic mass is 35.5. The highest BCUT2D eigenvalue weighted by Gasteiger charge is 2.07. The Kier molecular flexibility index (Phi) is 2.73. The van der Waals surface area contributed by atoms with Crippen molar-refractivity contribution in [1.82, 2.24) is 4.98 Å². The smallest absolute Gasteiger partial charge is 0.209 e. The van der Waals surface area contributed by atoms with Gasteiger partial charge in [-0.2, -0.15) is 0 Å². The third kappa shape index (κ3) is 2.18. The molecule has 1 heterocycles. The van der Waals surface area contributed by atoms with Gasteiger partial charge in [-0.3, -0.25) is 0 Å². The number of rotatable bonds is 2. The van der Waals surface area contributed by atoms with Crippen molar-refractivity contribution < 1.29 is 8.81 Å². The maximum atomic E-state index is 13.1.